The number of nitrogens with one attached hydrogen (secondary N) is 1. The number of halogens is 1. The summed E-state index contributed by atoms with van der Waals surface area (Å²) in [6.07, 6.45) is 2.72. The number of benzene rings is 2. The summed E-state index contributed by atoms with van der Waals surface area (Å²) in [5.41, 5.74) is 1.43. The van der Waals surface area contributed by atoms with Crippen molar-refractivity contribution in [1.82, 2.24) is 10.2 Å². The Bertz CT molecular complexity index is 779. The zero-order chi connectivity index (χ0) is 19.1. The Labute approximate surface area is 159 Å². The first-order valence-electron chi connectivity index (χ1n) is 9.49. The molecule has 2 amide bonds. The van der Waals surface area contributed by atoms with Crippen molar-refractivity contribution in [2.75, 3.05) is 19.6 Å². The van der Waals surface area contributed by atoms with Crippen molar-refractivity contribution in [3.05, 3.63) is 71.5 Å². The standard InChI is InChI=1S/C22H25FN2O2/c23-20-11-5-4-10-18(20)19(17-8-2-1-3-9-17)16-21(26)24-13-15-25-14-7-6-12-22(25)27/h1-5,8-11,19H,6-7,12-16H2,(H,24,26). The lowest BCUT2D eigenvalue weighted by molar-refractivity contribution is -0.133. The molecule has 1 N–H and O–H groups in total. The fourth-order valence-corrected chi connectivity index (χ4v) is 3.54. The van der Waals surface area contributed by atoms with Crippen molar-refractivity contribution in [2.45, 2.75) is 31.6 Å². The van der Waals surface area contributed by atoms with Crippen LogP contribution in [-0.4, -0.2) is 36.3 Å². The van der Waals surface area contributed by atoms with Gasteiger partial charge in [-0.15, -0.1) is 0 Å². The Morgan fingerprint density at radius 3 is 2.56 bits per heavy atom. The van der Waals surface area contributed by atoms with E-state index in [1.165, 1.54) is 6.07 Å². The summed E-state index contributed by atoms with van der Waals surface area (Å²) >= 11 is 0. The maximum Gasteiger partial charge on any atom is 0.222 e. The molecule has 27 heavy (non-hydrogen) atoms. The molecule has 5 heteroatoms. The number of amides is 2. The average molecular weight is 368 g/mol. The van der Waals surface area contributed by atoms with Crippen molar-refractivity contribution < 1.29 is 14.0 Å². The monoisotopic (exact) mass is 368 g/mol. The lowest BCUT2D eigenvalue weighted by atomic mass is 9.88. The zero-order valence-electron chi connectivity index (χ0n) is 15.4. The van der Waals surface area contributed by atoms with Gasteiger partial charge in [0, 0.05) is 38.4 Å². The normalized spacial score (nSPS) is 15.4. The lowest BCUT2D eigenvalue weighted by Crippen LogP contribution is -2.41. The summed E-state index contributed by atoms with van der Waals surface area (Å²) in [6.45, 7) is 1.71. The maximum atomic E-state index is 14.3. The van der Waals surface area contributed by atoms with E-state index in [1.54, 1.807) is 23.1 Å². The predicted octanol–water partition coefficient (Wildman–Crippen LogP) is 3.48. The fraction of sp³-hybridized carbons (Fsp3) is 0.364. The maximum absolute atomic E-state index is 14.3. The second-order valence-corrected chi connectivity index (χ2v) is 6.88. The smallest absolute Gasteiger partial charge is 0.222 e. The van der Waals surface area contributed by atoms with Gasteiger partial charge in [0.1, 0.15) is 5.82 Å². The first kappa shape index (κ1) is 19.1. The molecule has 4 nitrogen and oxygen atoms in total. The Morgan fingerprint density at radius 1 is 1.07 bits per heavy atom. The van der Waals surface area contributed by atoms with Gasteiger partial charge in [0.2, 0.25) is 11.8 Å². The van der Waals surface area contributed by atoms with Crippen LogP contribution >= 0.6 is 0 Å². The summed E-state index contributed by atoms with van der Waals surface area (Å²) < 4.78 is 14.3. The Morgan fingerprint density at radius 2 is 1.81 bits per heavy atom. The van der Waals surface area contributed by atoms with Gasteiger partial charge < -0.3 is 10.2 Å². The van der Waals surface area contributed by atoms with Crippen molar-refractivity contribution >= 4 is 11.8 Å². The van der Waals surface area contributed by atoms with Gasteiger partial charge in [0.25, 0.3) is 0 Å². The van der Waals surface area contributed by atoms with Crippen molar-refractivity contribution in [1.29, 1.82) is 0 Å². The van der Waals surface area contributed by atoms with E-state index in [0.717, 1.165) is 24.9 Å². The molecule has 0 spiro atoms. The van der Waals surface area contributed by atoms with Crippen LogP contribution in [0.15, 0.2) is 54.6 Å². The largest absolute Gasteiger partial charge is 0.354 e. The third-order valence-electron chi connectivity index (χ3n) is 5.00. The molecule has 1 saturated heterocycles. The number of hydrogen-bond donors (Lipinski definition) is 1. The molecular formula is C22H25FN2O2. The number of piperidine rings is 1. The molecule has 0 bridgehead atoms. The lowest BCUT2D eigenvalue weighted by Gasteiger charge is -2.26. The Kier molecular flexibility index (Phi) is 6.58. The van der Waals surface area contributed by atoms with Crippen molar-refractivity contribution in [2.24, 2.45) is 0 Å². The molecule has 2 aromatic carbocycles. The topological polar surface area (TPSA) is 49.4 Å². The molecule has 0 aromatic heterocycles. The van der Waals surface area contributed by atoms with Gasteiger partial charge in [0.15, 0.2) is 0 Å². The van der Waals surface area contributed by atoms with Crippen LogP contribution in [0, 0.1) is 5.82 Å². The summed E-state index contributed by atoms with van der Waals surface area (Å²) in [5.74, 6) is -0.636. The minimum atomic E-state index is -0.344. The molecule has 0 radical (unpaired) electrons. The third-order valence-corrected chi connectivity index (χ3v) is 5.00. The summed E-state index contributed by atoms with van der Waals surface area (Å²) in [6, 6.07) is 16.1. The predicted molar refractivity (Wildman–Crippen MR) is 103 cm³/mol. The SMILES string of the molecule is O=C(CC(c1ccccc1)c1ccccc1F)NCCN1CCCCC1=O. The van der Waals surface area contributed by atoms with Gasteiger partial charge in [-0.25, -0.2) is 4.39 Å². The molecule has 0 aliphatic carbocycles. The van der Waals surface area contributed by atoms with Crippen LogP contribution in [0.25, 0.3) is 0 Å². The molecular weight excluding hydrogens is 343 g/mol. The van der Waals surface area contributed by atoms with Crippen molar-refractivity contribution in [3.8, 4) is 0 Å². The van der Waals surface area contributed by atoms with Crippen LogP contribution in [0.5, 0.6) is 0 Å². The van der Waals surface area contributed by atoms with E-state index in [4.69, 9.17) is 0 Å². The molecule has 142 valence electrons. The van der Waals surface area contributed by atoms with Crippen LogP contribution in [0.1, 0.15) is 42.7 Å². The molecule has 1 atom stereocenters. The van der Waals surface area contributed by atoms with Gasteiger partial charge in [0.05, 0.1) is 0 Å². The second-order valence-electron chi connectivity index (χ2n) is 6.88. The molecule has 1 aliphatic heterocycles. The molecule has 1 aliphatic rings. The van der Waals surface area contributed by atoms with Crippen LogP contribution < -0.4 is 5.32 Å². The molecule has 1 unspecified atom stereocenters. The molecule has 2 aromatic rings. The van der Waals surface area contributed by atoms with E-state index in [1.807, 2.05) is 30.3 Å². The Balaban J connectivity index is 1.63. The summed E-state index contributed by atoms with van der Waals surface area (Å²) in [4.78, 5) is 26.1. The van der Waals surface area contributed by atoms with E-state index < -0.39 is 0 Å². The highest BCUT2D eigenvalue weighted by atomic mass is 19.1. The van der Waals surface area contributed by atoms with Gasteiger partial charge >= 0.3 is 0 Å². The highest BCUT2D eigenvalue weighted by molar-refractivity contribution is 5.78. The number of rotatable bonds is 7. The van der Waals surface area contributed by atoms with E-state index in [2.05, 4.69) is 5.32 Å². The molecule has 3 rings (SSSR count). The van der Waals surface area contributed by atoms with E-state index in [9.17, 15) is 14.0 Å². The summed E-state index contributed by atoms with van der Waals surface area (Å²) in [5, 5.41) is 2.88. The number of hydrogen-bond acceptors (Lipinski definition) is 2. The minimum absolute atomic E-state index is 0.142. The highest BCUT2D eigenvalue weighted by Crippen LogP contribution is 2.29. The van der Waals surface area contributed by atoms with Crippen LogP contribution in [0.3, 0.4) is 0 Å². The van der Waals surface area contributed by atoms with Gasteiger partial charge in [-0.05, 0) is 30.0 Å². The van der Waals surface area contributed by atoms with Gasteiger partial charge in [-0.2, -0.15) is 0 Å². The quantitative estimate of drug-likeness (QED) is 0.813. The highest BCUT2D eigenvalue weighted by Gasteiger charge is 2.22. The minimum Gasteiger partial charge on any atom is -0.354 e. The van der Waals surface area contributed by atoms with E-state index >= 15 is 0 Å². The second kappa shape index (κ2) is 9.31. The average Bonchev–Trinajstić information content (AvgIpc) is 2.69. The van der Waals surface area contributed by atoms with Crippen molar-refractivity contribution in [3.63, 3.8) is 0 Å². The molecule has 1 heterocycles. The van der Waals surface area contributed by atoms with E-state index in [-0.39, 0.29) is 30.0 Å². The third kappa shape index (κ3) is 5.16. The number of likely N-dealkylation sites (tertiary alicyclic amines) is 1. The van der Waals surface area contributed by atoms with Crippen LogP contribution in [0.4, 0.5) is 4.39 Å². The van der Waals surface area contributed by atoms with Crippen LogP contribution in [-0.2, 0) is 9.59 Å². The Hall–Kier alpha value is -2.69. The number of nitrogens with zero attached hydrogens (tertiary/aromatic N) is 1. The molecule has 0 saturated carbocycles. The van der Waals surface area contributed by atoms with Gasteiger partial charge in [-0.3, -0.25) is 9.59 Å². The summed E-state index contributed by atoms with van der Waals surface area (Å²) in [7, 11) is 0. The fourth-order valence-electron chi connectivity index (χ4n) is 3.54. The number of carbonyl (C=O) groups excluding carboxylic acids is 2. The van der Waals surface area contributed by atoms with Crippen LogP contribution in [0.2, 0.25) is 0 Å². The zero-order valence-corrected chi connectivity index (χ0v) is 15.4. The van der Waals surface area contributed by atoms with Gasteiger partial charge in [-0.1, -0.05) is 48.5 Å². The molecule has 1 fully saturated rings. The van der Waals surface area contributed by atoms with E-state index in [0.29, 0.717) is 25.1 Å². The first-order chi connectivity index (χ1) is 13.1. The first-order valence-corrected chi connectivity index (χ1v) is 9.49. The number of carbonyl (C=O) groups is 2.